The second kappa shape index (κ2) is 8.84. The number of carboxylic acid groups (broad SMARTS) is 1. The molecule has 7 nitrogen and oxygen atoms in total. The molecular weight excluding hydrogens is 368 g/mol. The molecule has 1 aliphatic heterocycles. The van der Waals surface area contributed by atoms with Gasteiger partial charge in [0.05, 0.1) is 4.90 Å². The second-order valence-corrected chi connectivity index (χ2v) is 9.35. The summed E-state index contributed by atoms with van der Waals surface area (Å²) in [6.45, 7) is 6.73. The molecule has 1 aromatic rings. The van der Waals surface area contributed by atoms with Gasteiger partial charge in [-0.05, 0) is 42.9 Å². The molecule has 27 heavy (non-hydrogen) atoms. The van der Waals surface area contributed by atoms with E-state index in [0.29, 0.717) is 26.1 Å². The number of nitrogens with zero attached hydrogens (tertiary/aromatic N) is 2. The summed E-state index contributed by atoms with van der Waals surface area (Å²) in [6.07, 6.45) is 1.60. The van der Waals surface area contributed by atoms with E-state index in [2.05, 4.69) is 0 Å². The van der Waals surface area contributed by atoms with Crippen molar-refractivity contribution in [2.24, 2.45) is 11.8 Å². The van der Waals surface area contributed by atoms with Crippen LogP contribution in [-0.4, -0.2) is 60.8 Å². The fourth-order valence-electron chi connectivity index (χ4n) is 3.61. The van der Waals surface area contributed by atoms with Crippen LogP contribution in [0.4, 0.5) is 0 Å². The molecule has 8 heteroatoms. The first-order valence-electron chi connectivity index (χ1n) is 9.26. The summed E-state index contributed by atoms with van der Waals surface area (Å²) < 4.78 is 27.5. The van der Waals surface area contributed by atoms with Gasteiger partial charge in [0.2, 0.25) is 10.0 Å². The van der Waals surface area contributed by atoms with Crippen LogP contribution in [0.15, 0.2) is 29.2 Å². The molecule has 0 radical (unpaired) electrons. The van der Waals surface area contributed by atoms with E-state index < -0.39 is 28.4 Å². The number of rotatable bonds is 7. The maximum absolute atomic E-state index is 13.0. The van der Waals surface area contributed by atoms with Gasteiger partial charge >= 0.3 is 5.97 Å². The summed E-state index contributed by atoms with van der Waals surface area (Å²) in [5.41, 5.74) is 0.184. The van der Waals surface area contributed by atoms with Crippen LogP contribution in [0.25, 0.3) is 0 Å². The molecule has 1 amide bonds. The van der Waals surface area contributed by atoms with Crippen LogP contribution in [0.2, 0.25) is 0 Å². The summed E-state index contributed by atoms with van der Waals surface area (Å²) in [5.74, 6) is -1.01. The molecule has 1 fully saturated rings. The number of sulfonamides is 1. The SMILES string of the molecule is CCCN(CC(=O)O)C(=O)c1cccc(S(=O)(=O)N2CC(C)CC(C)C2)c1. The molecule has 1 saturated heterocycles. The minimum absolute atomic E-state index is 0.0708. The number of hydrogen-bond acceptors (Lipinski definition) is 4. The largest absolute Gasteiger partial charge is 0.480 e. The van der Waals surface area contributed by atoms with Crippen LogP contribution in [-0.2, 0) is 14.8 Å². The highest BCUT2D eigenvalue weighted by Gasteiger charge is 2.32. The average molecular weight is 397 g/mol. The summed E-state index contributed by atoms with van der Waals surface area (Å²) in [7, 11) is -3.70. The first-order valence-corrected chi connectivity index (χ1v) is 10.7. The van der Waals surface area contributed by atoms with Crippen LogP contribution in [0.3, 0.4) is 0 Å². The third-order valence-electron chi connectivity index (χ3n) is 4.66. The smallest absolute Gasteiger partial charge is 0.323 e. The number of piperidine rings is 1. The van der Waals surface area contributed by atoms with E-state index >= 15 is 0 Å². The number of aliphatic carboxylic acids is 1. The molecular formula is C19H28N2O5S. The minimum atomic E-state index is -3.70. The van der Waals surface area contributed by atoms with Crippen molar-refractivity contribution in [3.8, 4) is 0 Å². The van der Waals surface area contributed by atoms with Crippen LogP contribution >= 0.6 is 0 Å². The first kappa shape index (κ1) is 21.4. The van der Waals surface area contributed by atoms with E-state index in [1.807, 2.05) is 20.8 Å². The molecule has 150 valence electrons. The lowest BCUT2D eigenvalue weighted by molar-refractivity contribution is -0.137. The lowest BCUT2D eigenvalue weighted by atomic mass is 9.94. The number of carboxylic acids is 1. The highest BCUT2D eigenvalue weighted by molar-refractivity contribution is 7.89. The fraction of sp³-hybridized carbons (Fsp3) is 0.579. The highest BCUT2D eigenvalue weighted by Crippen LogP contribution is 2.27. The van der Waals surface area contributed by atoms with Crippen molar-refractivity contribution in [1.82, 2.24) is 9.21 Å². The van der Waals surface area contributed by atoms with Gasteiger partial charge in [-0.25, -0.2) is 8.42 Å². The van der Waals surface area contributed by atoms with Crippen molar-refractivity contribution in [3.05, 3.63) is 29.8 Å². The van der Waals surface area contributed by atoms with E-state index in [1.54, 1.807) is 0 Å². The Morgan fingerprint density at radius 1 is 1.22 bits per heavy atom. The van der Waals surface area contributed by atoms with Crippen LogP contribution in [0.5, 0.6) is 0 Å². The molecule has 0 saturated carbocycles. The second-order valence-electron chi connectivity index (χ2n) is 7.42. The maximum atomic E-state index is 13.0. The number of carbonyl (C=O) groups excluding carboxylic acids is 1. The third-order valence-corrected chi connectivity index (χ3v) is 6.49. The van der Waals surface area contributed by atoms with Crippen molar-refractivity contribution in [2.75, 3.05) is 26.2 Å². The van der Waals surface area contributed by atoms with E-state index in [4.69, 9.17) is 5.11 Å². The van der Waals surface area contributed by atoms with Crippen LogP contribution in [0, 0.1) is 11.8 Å². The van der Waals surface area contributed by atoms with Gasteiger partial charge < -0.3 is 10.0 Å². The Hall–Kier alpha value is -1.93. The molecule has 2 atom stereocenters. The Bertz CT molecular complexity index is 783. The normalized spacial score (nSPS) is 21.0. The van der Waals surface area contributed by atoms with Crippen molar-refractivity contribution in [2.45, 2.75) is 38.5 Å². The molecule has 0 aliphatic carbocycles. The molecule has 0 aromatic heterocycles. The van der Waals surface area contributed by atoms with Gasteiger partial charge in [-0.3, -0.25) is 9.59 Å². The predicted octanol–water partition coefficient (Wildman–Crippen LogP) is 2.29. The van der Waals surface area contributed by atoms with Gasteiger partial charge in [-0.2, -0.15) is 4.31 Å². The Kier molecular flexibility index (Phi) is 7.00. The quantitative estimate of drug-likeness (QED) is 0.763. The van der Waals surface area contributed by atoms with Crippen molar-refractivity contribution in [3.63, 3.8) is 0 Å². The predicted molar refractivity (Wildman–Crippen MR) is 102 cm³/mol. The molecule has 1 aliphatic rings. The Balaban J connectivity index is 2.30. The lowest BCUT2D eigenvalue weighted by Crippen LogP contribution is -2.42. The molecule has 1 N–H and O–H groups in total. The highest BCUT2D eigenvalue weighted by atomic mass is 32.2. The molecule has 0 bridgehead atoms. The van der Waals surface area contributed by atoms with Gasteiger partial charge in [-0.1, -0.05) is 26.8 Å². The van der Waals surface area contributed by atoms with E-state index in [0.717, 1.165) is 6.42 Å². The number of carbonyl (C=O) groups is 2. The zero-order valence-electron chi connectivity index (χ0n) is 16.1. The van der Waals surface area contributed by atoms with E-state index in [9.17, 15) is 18.0 Å². The fourth-order valence-corrected chi connectivity index (χ4v) is 5.33. The molecule has 2 unspecified atom stereocenters. The molecule has 0 spiro atoms. The lowest BCUT2D eigenvalue weighted by Gasteiger charge is -2.34. The first-order chi connectivity index (χ1) is 12.6. The topological polar surface area (TPSA) is 95.0 Å². The van der Waals surface area contributed by atoms with E-state index in [1.165, 1.54) is 33.5 Å². The van der Waals surface area contributed by atoms with Crippen LogP contribution in [0.1, 0.15) is 44.0 Å². The summed E-state index contributed by atoms with van der Waals surface area (Å²) in [4.78, 5) is 25.0. The Labute approximate surface area is 161 Å². The van der Waals surface area contributed by atoms with Crippen molar-refractivity contribution in [1.29, 1.82) is 0 Å². The van der Waals surface area contributed by atoms with Gasteiger partial charge in [0, 0.05) is 25.2 Å². The maximum Gasteiger partial charge on any atom is 0.323 e. The number of hydrogen-bond donors (Lipinski definition) is 1. The van der Waals surface area contributed by atoms with E-state index in [-0.39, 0.29) is 22.3 Å². The summed E-state index contributed by atoms with van der Waals surface area (Å²) in [5, 5.41) is 9.01. The summed E-state index contributed by atoms with van der Waals surface area (Å²) in [6, 6.07) is 5.89. The zero-order valence-corrected chi connectivity index (χ0v) is 16.9. The van der Waals surface area contributed by atoms with Crippen LogP contribution < -0.4 is 0 Å². The Morgan fingerprint density at radius 3 is 2.41 bits per heavy atom. The van der Waals surface area contributed by atoms with Crippen molar-refractivity contribution < 1.29 is 23.1 Å². The number of benzene rings is 1. The zero-order chi connectivity index (χ0) is 20.2. The monoisotopic (exact) mass is 396 g/mol. The van der Waals surface area contributed by atoms with Gasteiger partial charge in [0.25, 0.3) is 5.91 Å². The molecule has 1 heterocycles. The number of amides is 1. The van der Waals surface area contributed by atoms with Crippen molar-refractivity contribution >= 4 is 21.9 Å². The Morgan fingerprint density at radius 2 is 1.85 bits per heavy atom. The molecule has 2 rings (SSSR count). The average Bonchev–Trinajstić information content (AvgIpc) is 2.59. The van der Waals surface area contributed by atoms with Gasteiger partial charge in [0.15, 0.2) is 0 Å². The summed E-state index contributed by atoms with van der Waals surface area (Å²) >= 11 is 0. The van der Waals surface area contributed by atoms with Gasteiger partial charge in [0.1, 0.15) is 6.54 Å². The minimum Gasteiger partial charge on any atom is -0.480 e. The third kappa shape index (κ3) is 5.29. The molecule has 1 aromatic carbocycles. The van der Waals surface area contributed by atoms with Gasteiger partial charge in [-0.15, -0.1) is 0 Å². The standard InChI is InChI=1S/C19H28N2O5S/c1-4-8-20(13-18(22)23)19(24)16-6-5-7-17(10-16)27(25,26)21-11-14(2)9-15(3)12-21/h5-7,10,14-15H,4,8-9,11-13H2,1-3H3,(H,22,23).